The zero-order valence-corrected chi connectivity index (χ0v) is 17.3. The summed E-state index contributed by atoms with van der Waals surface area (Å²) >= 11 is 6.61. The van der Waals surface area contributed by atoms with Gasteiger partial charge in [-0.05, 0) is 56.6 Å². The van der Waals surface area contributed by atoms with Crippen molar-refractivity contribution >= 4 is 11.6 Å². The molecule has 0 N–H and O–H groups in total. The van der Waals surface area contributed by atoms with Crippen LogP contribution in [0.1, 0.15) is 47.2 Å². The maximum Gasteiger partial charge on any atom is 0.0720 e. The average Bonchev–Trinajstić information content (AvgIpc) is 3.04. The molecule has 29 heavy (non-hydrogen) atoms. The first-order chi connectivity index (χ1) is 14.1. The summed E-state index contributed by atoms with van der Waals surface area (Å²) in [6.07, 6.45) is 0. The van der Waals surface area contributed by atoms with Gasteiger partial charge in [0.05, 0.1) is 5.41 Å². The SMILES string of the molecule is CC1(C)c2ccccc2C2(c3ccccc3-c3ccccc32)c2cc(Cl)ccc21. The highest BCUT2D eigenvalue weighted by atomic mass is 35.5. The summed E-state index contributed by atoms with van der Waals surface area (Å²) in [5.41, 5.74) is 10.4. The third kappa shape index (κ3) is 1.95. The molecule has 0 aromatic heterocycles. The second kappa shape index (κ2) is 5.62. The molecule has 6 rings (SSSR count). The molecule has 2 aliphatic rings. The fourth-order valence-corrected chi connectivity index (χ4v) is 6.00. The summed E-state index contributed by atoms with van der Waals surface area (Å²) in [5.74, 6) is 0. The Balaban J connectivity index is 1.89. The molecule has 0 radical (unpaired) electrons. The van der Waals surface area contributed by atoms with Crippen molar-refractivity contribution in [3.8, 4) is 11.1 Å². The summed E-state index contributed by atoms with van der Waals surface area (Å²) in [6, 6.07) is 33.2. The minimum Gasteiger partial charge on any atom is -0.0843 e. The first-order valence-electron chi connectivity index (χ1n) is 10.2. The number of rotatable bonds is 0. The molecular weight excluding hydrogens is 372 g/mol. The van der Waals surface area contributed by atoms with Gasteiger partial charge in [-0.2, -0.15) is 0 Å². The molecule has 0 nitrogen and oxygen atoms in total. The summed E-state index contributed by atoms with van der Waals surface area (Å²) in [6.45, 7) is 4.66. The lowest BCUT2D eigenvalue weighted by Gasteiger charge is -2.46. The first-order valence-corrected chi connectivity index (χ1v) is 10.5. The monoisotopic (exact) mass is 392 g/mol. The van der Waals surface area contributed by atoms with E-state index < -0.39 is 0 Å². The Morgan fingerprint density at radius 2 is 1.00 bits per heavy atom. The molecule has 1 heteroatoms. The van der Waals surface area contributed by atoms with E-state index in [1.54, 1.807) is 0 Å². The molecular formula is C28H21Cl. The summed E-state index contributed by atoms with van der Waals surface area (Å²) < 4.78 is 0. The number of benzene rings is 4. The van der Waals surface area contributed by atoms with Crippen LogP contribution in [0.3, 0.4) is 0 Å². The van der Waals surface area contributed by atoms with Gasteiger partial charge in [0.25, 0.3) is 0 Å². The summed E-state index contributed by atoms with van der Waals surface area (Å²) in [4.78, 5) is 0. The normalized spacial score (nSPS) is 16.7. The van der Waals surface area contributed by atoms with E-state index in [9.17, 15) is 0 Å². The van der Waals surface area contributed by atoms with Crippen molar-refractivity contribution in [1.29, 1.82) is 0 Å². The largest absolute Gasteiger partial charge is 0.0843 e. The van der Waals surface area contributed by atoms with Gasteiger partial charge in [-0.15, -0.1) is 0 Å². The van der Waals surface area contributed by atoms with Gasteiger partial charge in [0.2, 0.25) is 0 Å². The number of hydrogen-bond donors (Lipinski definition) is 0. The highest BCUT2D eigenvalue weighted by Crippen LogP contribution is 2.62. The van der Waals surface area contributed by atoms with Crippen molar-refractivity contribution < 1.29 is 0 Å². The molecule has 0 bridgehead atoms. The zero-order chi connectivity index (χ0) is 19.8. The molecule has 1 spiro atoms. The molecule has 0 atom stereocenters. The molecule has 4 aromatic carbocycles. The highest BCUT2D eigenvalue weighted by Gasteiger charge is 2.53. The Morgan fingerprint density at radius 1 is 0.517 bits per heavy atom. The third-order valence-corrected chi connectivity index (χ3v) is 7.25. The third-order valence-electron chi connectivity index (χ3n) is 7.02. The van der Waals surface area contributed by atoms with Gasteiger partial charge in [-0.1, -0.05) is 104 Å². The molecule has 0 aliphatic heterocycles. The molecule has 140 valence electrons. The summed E-state index contributed by atoms with van der Waals surface area (Å²) in [5, 5.41) is 0.792. The van der Waals surface area contributed by atoms with Crippen molar-refractivity contribution in [3.05, 3.63) is 129 Å². The second-order valence-electron chi connectivity index (χ2n) is 8.70. The lowest BCUT2D eigenvalue weighted by Crippen LogP contribution is -2.40. The topological polar surface area (TPSA) is 0 Å². The Hall–Kier alpha value is -2.83. The quantitative estimate of drug-likeness (QED) is 0.258. The van der Waals surface area contributed by atoms with E-state index >= 15 is 0 Å². The molecule has 0 unspecified atom stereocenters. The minimum atomic E-state index is -0.334. The fourth-order valence-electron chi connectivity index (χ4n) is 5.83. The zero-order valence-electron chi connectivity index (χ0n) is 16.5. The molecule has 0 amide bonds. The van der Waals surface area contributed by atoms with Crippen molar-refractivity contribution in [2.75, 3.05) is 0 Å². The van der Waals surface area contributed by atoms with Crippen molar-refractivity contribution in [2.45, 2.75) is 24.7 Å². The van der Waals surface area contributed by atoms with Gasteiger partial charge in [-0.3, -0.25) is 0 Å². The molecule has 4 aromatic rings. The first kappa shape index (κ1) is 17.1. The molecule has 2 aliphatic carbocycles. The van der Waals surface area contributed by atoms with Crippen LogP contribution in [0.2, 0.25) is 5.02 Å². The molecule has 0 saturated carbocycles. The van der Waals surface area contributed by atoms with Crippen LogP contribution in [-0.2, 0) is 10.8 Å². The van der Waals surface area contributed by atoms with Crippen LogP contribution >= 0.6 is 11.6 Å². The van der Waals surface area contributed by atoms with Gasteiger partial charge in [0.1, 0.15) is 0 Å². The Bertz CT molecular complexity index is 1250. The predicted octanol–water partition coefficient (Wildman–Crippen LogP) is 7.34. The molecule has 0 heterocycles. The van der Waals surface area contributed by atoms with E-state index in [4.69, 9.17) is 11.6 Å². The molecule has 0 saturated heterocycles. The lowest BCUT2D eigenvalue weighted by atomic mass is 9.55. The van der Waals surface area contributed by atoms with Crippen LogP contribution in [0.15, 0.2) is 91.0 Å². The Morgan fingerprint density at radius 3 is 1.62 bits per heavy atom. The second-order valence-corrected chi connectivity index (χ2v) is 9.14. The van der Waals surface area contributed by atoms with Crippen molar-refractivity contribution in [2.24, 2.45) is 0 Å². The number of halogens is 1. The van der Waals surface area contributed by atoms with E-state index in [1.165, 1.54) is 44.5 Å². The highest BCUT2D eigenvalue weighted by molar-refractivity contribution is 6.30. The Labute approximate surface area is 176 Å². The Kier molecular flexibility index (Phi) is 3.30. The van der Waals surface area contributed by atoms with Gasteiger partial charge < -0.3 is 0 Å². The van der Waals surface area contributed by atoms with E-state index in [2.05, 4.69) is 98.8 Å². The van der Waals surface area contributed by atoms with Gasteiger partial charge in [-0.25, -0.2) is 0 Å². The lowest BCUT2D eigenvalue weighted by molar-refractivity contribution is 0.563. The standard InChI is InChI=1S/C28H21Cl/c1-27(2)23-13-7-8-14-25(23)28(26-17-18(29)15-16-24(26)27)21-11-5-3-9-19(21)20-10-4-6-12-22(20)28/h3-17H,1-2H3. The van der Waals surface area contributed by atoms with E-state index in [1.807, 2.05) is 6.07 Å². The average molecular weight is 393 g/mol. The van der Waals surface area contributed by atoms with E-state index in [-0.39, 0.29) is 10.8 Å². The van der Waals surface area contributed by atoms with Gasteiger partial charge in [0.15, 0.2) is 0 Å². The van der Waals surface area contributed by atoms with Crippen molar-refractivity contribution in [3.63, 3.8) is 0 Å². The van der Waals surface area contributed by atoms with Crippen LogP contribution in [-0.4, -0.2) is 0 Å². The maximum absolute atomic E-state index is 6.61. The van der Waals surface area contributed by atoms with Crippen LogP contribution in [0, 0.1) is 0 Å². The minimum absolute atomic E-state index is 0.0890. The van der Waals surface area contributed by atoms with E-state index in [0.29, 0.717) is 0 Å². The maximum atomic E-state index is 6.61. The van der Waals surface area contributed by atoms with Gasteiger partial charge in [0, 0.05) is 10.4 Å². The van der Waals surface area contributed by atoms with E-state index in [0.717, 1.165) is 5.02 Å². The van der Waals surface area contributed by atoms with Crippen LogP contribution < -0.4 is 0 Å². The van der Waals surface area contributed by atoms with Crippen molar-refractivity contribution in [1.82, 2.24) is 0 Å². The predicted molar refractivity (Wildman–Crippen MR) is 121 cm³/mol. The van der Waals surface area contributed by atoms with Crippen LogP contribution in [0.25, 0.3) is 11.1 Å². The molecule has 0 fully saturated rings. The number of fused-ring (bicyclic) bond motifs is 9. The van der Waals surface area contributed by atoms with Crippen LogP contribution in [0.5, 0.6) is 0 Å². The van der Waals surface area contributed by atoms with Crippen LogP contribution in [0.4, 0.5) is 0 Å². The fraction of sp³-hybridized carbons (Fsp3) is 0.143. The smallest absolute Gasteiger partial charge is 0.0720 e. The van der Waals surface area contributed by atoms with Gasteiger partial charge >= 0.3 is 0 Å². The number of hydrogen-bond acceptors (Lipinski definition) is 0. The summed E-state index contributed by atoms with van der Waals surface area (Å²) in [7, 11) is 0.